The van der Waals surface area contributed by atoms with E-state index in [-0.39, 0.29) is 0 Å². The van der Waals surface area contributed by atoms with Gasteiger partial charge in [0.2, 0.25) is 0 Å². The summed E-state index contributed by atoms with van der Waals surface area (Å²) in [6.45, 7) is 7.09. The van der Waals surface area contributed by atoms with Gasteiger partial charge in [-0.1, -0.05) is 6.58 Å². The van der Waals surface area contributed by atoms with Crippen molar-refractivity contribution >= 4 is 0 Å². The lowest BCUT2D eigenvalue weighted by Gasteiger charge is -2.00. The van der Waals surface area contributed by atoms with Crippen molar-refractivity contribution in [3.8, 4) is 0 Å². The normalized spacial score (nSPS) is 8.29. The highest BCUT2D eigenvalue weighted by Crippen LogP contribution is 1.72. The molecule has 0 atom stereocenters. The lowest BCUT2D eigenvalue weighted by atomic mass is 10.5. The maximum absolute atomic E-state index is 5.20. The van der Waals surface area contributed by atoms with Crippen molar-refractivity contribution in [2.75, 3.05) is 13.1 Å². The van der Waals surface area contributed by atoms with Crippen molar-refractivity contribution in [3.05, 3.63) is 12.3 Å². The number of nitrogens with two attached hydrogens (primary N) is 1. The Kier molecular flexibility index (Phi) is 3.42. The minimum Gasteiger partial charge on any atom is -0.388 e. The molecule has 0 aromatic heterocycles. The molecule has 2 heteroatoms. The summed E-state index contributed by atoms with van der Waals surface area (Å²) in [5, 5.41) is 2.98. The number of likely N-dealkylation sites (N-methyl/N-ethyl adjacent to an activating group) is 1. The highest BCUT2D eigenvalue weighted by molar-refractivity contribution is 4.90. The Bertz CT molecular complexity index is 59.1. The molecular weight excluding hydrogens is 88.1 g/mol. The van der Waals surface area contributed by atoms with Crippen LogP contribution in [0.1, 0.15) is 6.92 Å². The largest absolute Gasteiger partial charge is 0.388 e. The molecule has 0 aliphatic rings. The van der Waals surface area contributed by atoms with E-state index in [1.807, 2.05) is 6.92 Å². The minimum absolute atomic E-state index is 0.536. The van der Waals surface area contributed by atoms with Gasteiger partial charge in [-0.2, -0.15) is 0 Å². The fraction of sp³-hybridized carbons (Fsp3) is 0.600. The molecule has 0 radical (unpaired) electrons. The fourth-order valence-corrected chi connectivity index (χ4v) is 0.322. The molecule has 3 N–H and O–H groups in total. The van der Waals surface area contributed by atoms with E-state index in [4.69, 9.17) is 5.73 Å². The van der Waals surface area contributed by atoms with Gasteiger partial charge in [-0.15, -0.1) is 0 Å². The van der Waals surface area contributed by atoms with E-state index in [0.717, 1.165) is 12.2 Å². The second-order valence-corrected chi connectivity index (χ2v) is 1.34. The zero-order valence-electron chi connectivity index (χ0n) is 4.70. The van der Waals surface area contributed by atoms with Crippen LogP contribution in [0.25, 0.3) is 0 Å². The quantitative estimate of drug-likeness (QED) is 0.526. The first-order chi connectivity index (χ1) is 3.31. The summed E-state index contributed by atoms with van der Waals surface area (Å²) in [6.07, 6.45) is 0. The summed E-state index contributed by atoms with van der Waals surface area (Å²) in [5.41, 5.74) is 6.10. The van der Waals surface area contributed by atoms with Gasteiger partial charge in [-0.05, 0) is 6.92 Å². The van der Waals surface area contributed by atoms with Crippen LogP contribution in [0.5, 0.6) is 0 Å². The molecule has 0 aromatic rings. The molecule has 0 saturated heterocycles. The van der Waals surface area contributed by atoms with E-state index < -0.39 is 0 Å². The molecule has 42 valence electrons. The molecule has 0 aromatic carbocycles. The molecule has 0 aliphatic carbocycles. The Hall–Kier alpha value is -0.500. The predicted octanol–water partition coefficient (Wildman–Crippen LogP) is 0.0683. The third kappa shape index (κ3) is 3.33. The van der Waals surface area contributed by atoms with Crippen molar-refractivity contribution in [1.82, 2.24) is 5.32 Å². The van der Waals surface area contributed by atoms with Crippen molar-refractivity contribution in [2.24, 2.45) is 5.73 Å². The van der Waals surface area contributed by atoms with Gasteiger partial charge in [0, 0.05) is 18.8 Å². The summed E-state index contributed by atoms with van der Waals surface area (Å²) in [7, 11) is 0. The summed E-state index contributed by atoms with van der Waals surface area (Å²) < 4.78 is 0. The van der Waals surface area contributed by atoms with E-state index in [2.05, 4.69) is 11.9 Å². The Morgan fingerprint density at radius 3 is 2.57 bits per heavy atom. The van der Waals surface area contributed by atoms with Crippen LogP contribution in [0.3, 0.4) is 0 Å². The third-order valence-electron chi connectivity index (χ3n) is 0.673. The lowest BCUT2D eigenvalue weighted by Crippen LogP contribution is -2.18. The molecule has 0 fully saturated rings. The number of hydrogen-bond acceptors (Lipinski definition) is 2. The maximum Gasteiger partial charge on any atom is 0.0322 e. The summed E-state index contributed by atoms with van der Waals surface area (Å²) >= 11 is 0. The number of rotatable bonds is 3. The summed E-state index contributed by atoms with van der Waals surface area (Å²) in [5.74, 6) is 0. The monoisotopic (exact) mass is 100 g/mol. The Balaban J connectivity index is 3.00. The Morgan fingerprint density at radius 1 is 1.86 bits per heavy atom. The van der Waals surface area contributed by atoms with Gasteiger partial charge in [0.05, 0.1) is 0 Å². The standard InChI is InChI=1S/C5H12N2/c1-3-7-5(2)4-6/h7H,2-4,6H2,1H3. The summed E-state index contributed by atoms with van der Waals surface area (Å²) in [4.78, 5) is 0. The molecule has 0 saturated carbocycles. The first-order valence-electron chi connectivity index (χ1n) is 2.43. The van der Waals surface area contributed by atoms with Gasteiger partial charge >= 0.3 is 0 Å². The van der Waals surface area contributed by atoms with Gasteiger partial charge in [0.1, 0.15) is 0 Å². The molecule has 0 aliphatic heterocycles. The molecule has 0 amide bonds. The highest BCUT2D eigenvalue weighted by Gasteiger charge is 1.79. The van der Waals surface area contributed by atoms with Gasteiger partial charge in [-0.25, -0.2) is 0 Å². The topological polar surface area (TPSA) is 38.0 Å². The first-order valence-corrected chi connectivity index (χ1v) is 2.43. The Morgan fingerprint density at radius 2 is 2.43 bits per heavy atom. The molecule has 7 heavy (non-hydrogen) atoms. The fourth-order valence-electron chi connectivity index (χ4n) is 0.322. The molecule has 0 rings (SSSR count). The van der Waals surface area contributed by atoms with E-state index in [1.165, 1.54) is 0 Å². The zero-order valence-corrected chi connectivity index (χ0v) is 4.70. The molecular formula is C5H12N2. The van der Waals surface area contributed by atoms with Crippen LogP contribution < -0.4 is 11.1 Å². The van der Waals surface area contributed by atoms with E-state index in [9.17, 15) is 0 Å². The van der Waals surface area contributed by atoms with Crippen molar-refractivity contribution in [1.29, 1.82) is 0 Å². The lowest BCUT2D eigenvalue weighted by molar-refractivity contribution is 0.828. The second-order valence-electron chi connectivity index (χ2n) is 1.34. The van der Waals surface area contributed by atoms with E-state index in [1.54, 1.807) is 0 Å². The SMILES string of the molecule is C=C(CN)NCC. The van der Waals surface area contributed by atoms with Gasteiger partial charge in [-0.3, -0.25) is 0 Å². The first kappa shape index (κ1) is 6.50. The van der Waals surface area contributed by atoms with Gasteiger partial charge in [0.15, 0.2) is 0 Å². The second kappa shape index (κ2) is 3.68. The summed E-state index contributed by atoms with van der Waals surface area (Å²) in [6, 6.07) is 0. The zero-order chi connectivity index (χ0) is 5.70. The maximum atomic E-state index is 5.20. The van der Waals surface area contributed by atoms with E-state index >= 15 is 0 Å². The third-order valence-corrected chi connectivity index (χ3v) is 0.673. The average molecular weight is 100 g/mol. The van der Waals surface area contributed by atoms with Crippen molar-refractivity contribution in [2.45, 2.75) is 6.92 Å². The smallest absolute Gasteiger partial charge is 0.0322 e. The van der Waals surface area contributed by atoms with Crippen LogP contribution >= 0.6 is 0 Å². The van der Waals surface area contributed by atoms with Crippen molar-refractivity contribution < 1.29 is 0 Å². The molecule has 0 unspecified atom stereocenters. The molecule has 0 bridgehead atoms. The van der Waals surface area contributed by atoms with Crippen LogP contribution in [0.2, 0.25) is 0 Å². The van der Waals surface area contributed by atoms with Gasteiger partial charge < -0.3 is 11.1 Å². The van der Waals surface area contributed by atoms with Crippen LogP contribution in [0.4, 0.5) is 0 Å². The predicted molar refractivity (Wildman–Crippen MR) is 31.9 cm³/mol. The molecule has 0 heterocycles. The van der Waals surface area contributed by atoms with Crippen LogP contribution in [0, 0.1) is 0 Å². The highest BCUT2D eigenvalue weighted by atomic mass is 14.9. The Labute approximate surface area is 44.4 Å². The molecule has 2 nitrogen and oxygen atoms in total. The minimum atomic E-state index is 0.536. The number of hydrogen-bond donors (Lipinski definition) is 2. The molecule has 0 spiro atoms. The average Bonchev–Trinajstić information content (AvgIpc) is 1.68. The van der Waals surface area contributed by atoms with Crippen LogP contribution in [-0.2, 0) is 0 Å². The van der Waals surface area contributed by atoms with Crippen LogP contribution in [-0.4, -0.2) is 13.1 Å². The van der Waals surface area contributed by atoms with Crippen LogP contribution in [0.15, 0.2) is 12.3 Å². The van der Waals surface area contributed by atoms with Gasteiger partial charge in [0.25, 0.3) is 0 Å². The number of nitrogens with one attached hydrogen (secondary N) is 1. The van der Waals surface area contributed by atoms with E-state index in [0.29, 0.717) is 6.54 Å². The van der Waals surface area contributed by atoms with Crippen molar-refractivity contribution in [3.63, 3.8) is 0 Å².